The molecular weight excluding hydrogens is 560 g/mol. The molecule has 8 nitrogen and oxygen atoms in total. The van der Waals surface area contributed by atoms with Gasteiger partial charge in [0, 0.05) is 50.9 Å². The van der Waals surface area contributed by atoms with Gasteiger partial charge in [-0.3, -0.25) is 9.59 Å². The fraction of sp³-hybridized carbons (Fsp3) is 0.235. The van der Waals surface area contributed by atoms with Crippen molar-refractivity contribution < 1.29 is 19.8 Å². The SMILES string of the molecule is C=Cc1c(C)c2cc3nc(cc4nc(cc5[nH]c(cc1[nH]2)c(C)c5C(=C)S)C(C)=C4CCC(=O)O)C(CCC(=O)O)=C3C. The maximum Gasteiger partial charge on any atom is 0.303 e. The molecule has 0 spiro atoms. The first-order valence-corrected chi connectivity index (χ1v) is 14.4. The lowest BCUT2D eigenvalue weighted by Crippen LogP contribution is -1.97. The summed E-state index contributed by atoms with van der Waals surface area (Å²) in [5.74, 6) is -1.79. The van der Waals surface area contributed by atoms with E-state index in [0.29, 0.717) is 34.8 Å². The van der Waals surface area contributed by atoms with E-state index in [9.17, 15) is 19.8 Å². The van der Waals surface area contributed by atoms with Gasteiger partial charge in [-0.15, -0.1) is 12.6 Å². The Morgan fingerprint density at radius 3 is 1.74 bits per heavy atom. The Labute approximate surface area is 255 Å². The molecular formula is C34H34N4O4S. The number of carbonyl (C=O) groups is 2. The molecule has 0 amide bonds. The van der Waals surface area contributed by atoms with Crippen molar-refractivity contribution in [1.82, 2.24) is 19.9 Å². The van der Waals surface area contributed by atoms with E-state index >= 15 is 0 Å². The van der Waals surface area contributed by atoms with Crippen molar-refractivity contribution in [3.8, 4) is 0 Å². The van der Waals surface area contributed by atoms with Gasteiger partial charge in [0.25, 0.3) is 0 Å². The molecule has 9 heteroatoms. The maximum absolute atomic E-state index is 11.6. The third-order valence-electron chi connectivity index (χ3n) is 8.25. The smallest absolute Gasteiger partial charge is 0.303 e. The van der Waals surface area contributed by atoms with Crippen LogP contribution in [0.3, 0.4) is 0 Å². The van der Waals surface area contributed by atoms with Gasteiger partial charge in [-0.05, 0) is 98.2 Å². The summed E-state index contributed by atoms with van der Waals surface area (Å²) in [5.41, 5.74) is 13.3. The van der Waals surface area contributed by atoms with Gasteiger partial charge in [0.15, 0.2) is 0 Å². The Morgan fingerprint density at radius 1 is 0.767 bits per heavy atom. The molecule has 0 radical (unpaired) electrons. The second-order valence-corrected chi connectivity index (χ2v) is 11.5. The molecule has 5 heterocycles. The van der Waals surface area contributed by atoms with Crippen LogP contribution in [0, 0.1) is 13.8 Å². The third kappa shape index (κ3) is 5.60. The second-order valence-electron chi connectivity index (χ2n) is 10.9. The molecule has 8 bridgehead atoms. The Morgan fingerprint density at radius 2 is 1.26 bits per heavy atom. The van der Waals surface area contributed by atoms with E-state index in [1.165, 1.54) is 0 Å². The molecule has 0 aromatic carbocycles. The maximum atomic E-state index is 11.6. The van der Waals surface area contributed by atoms with Crippen LogP contribution in [0.4, 0.5) is 0 Å². The van der Waals surface area contributed by atoms with Gasteiger partial charge in [-0.25, -0.2) is 9.97 Å². The van der Waals surface area contributed by atoms with Crippen molar-refractivity contribution in [1.29, 1.82) is 0 Å². The number of nitrogens with one attached hydrogen (secondary N) is 2. The summed E-state index contributed by atoms with van der Waals surface area (Å²) < 4.78 is 0. The molecule has 2 aliphatic rings. The number of fused-ring (bicyclic) bond motifs is 8. The summed E-state index contributed by atoms with van der Waals surface area (Å²) in [4.78, 5) is 40.7. The average molecular weight is 595 g/mol. The van der Waals surface area contributed by atoms with Gasteiger partial charge in [0.05, 0.1) is 22.8 Å². The average Bonchev–Trinajstić information content (AvgIpc) is 3.59. The van der Waals surface area contributed by atoms with Gasteiger partial charge in [-0.1, -0.05) is 19.2 Å². The number of allylic oxidation sites excluding steroid dienone is 4. The first kappa shape index (κ1) is 29.8. The largest absolute Gasteiger partial charge is 0.481 e. The molecule has 4 N–H and O–H groups in total. The zero-order valence-electron chi connectivity index (χ0n) is 24.7. The summed E-state index contributed by atoms with van der Waals surface area (Å²) in [6.45, 7) is 16.1. The normalized spacial score (nSPS) is 13.0. The second kappa shape index (κ2) is 11.6. The van der Waals surface area contributed by atoms with Crippen LogP contribution in [0.2, 0.25) is 0 Å². The summed E-state index contributed by atoms with van der Waals surface area (Å²) in [6, 6.07) is 7.81. The van der Waals surface area contributed by atoms with Gasteiger partial charge in [0.1, 0.15) is 0 Å². The molecule has 0 aliphatic carbocycles. The highest BCUT2D eigenvalue weighted by atomic mass is 32.1. The minimum absolute atomic E-state index is 0.0445. The third-order valence-corrected chi connectivity index (χ3v) is 8.48. The fourth-order valence-corrected chi connectivity index (χ4v) is 6.14. The van der Waals surface area contributed by atoms with Crippen LogP contribution in [0.15, 0.2) is 37.4 Å². The minimum atomic E-state index is -0.898. The molecule has 3 aromatic heterocycles. The number of aromatic nitrogens is 4. The van der Waals surface area contributed by atoms with Crippen molar-refractivity contribution in [2.75, 3.05) is 0 Å². The zero-order valence-corrected chi connectivity index (χ0v) is 25.6. The highest BCUT2D eigenvalue weighted by Gasteiger charge is 2.23. The number of aliphatic carboxylic acids is 2. The van der Waals surface area contributed by atoms with Crippen molar-refractivity contribution in [2.24, 2.45) is 0 Å². The first-order chi connectivity index (χ1) is 20.4. The highest BCUT2D eigenvalue weighted by molar-refractivity contribution is 7.90. The molecule has 3 aromatic rings. The quantitative estimate of drug-likeness (QED) is 0.168. The number of carboxylic acids is 2. The van der Waals surface area contributed by atoms with E-state index in [2.05, 4.69) is 35.8 Å². The van der Waals surface area contributed by atoms with E-state index in [-0.39, 0.29) is 12.8 Å². The van der Waals surface area contributed by atoms with Gasteiger partial charge < -0.3 is 20.2 Å². The van der Waals surface area contributed by atoms with E-state index in [1.807, 2.05) is 58.0 Å². The molecule has 0 atom stereocenters. The zero-order chi connectivity index (χ0) is 31.2. The lowest BCUT2D eigenvalue weighted by atomic mass is 9.98. The first-order valence-electron chi connectivity index (χ1n) is 14.0. The Balaban J connectivity index is 1.95. The summed E-state index contributed by atoms with van der Waals surface area (Å²) in [5, 5.41) is 18.9. The van der Waals surface area contributed by atoms with Crippen LogP contribution in [0.25, 0.3) is 55.3 Å². The van der Waals surface area contributed by atoms with Crippen LogP contribution < -0.4 is 0 Å². The number of aromatic amines is 2. The predicted octanol–water partition coefficient (Wildman–Crippen LogP) is 8.07. The van der Waals surface area contributed by atoms with E-state index < -0.39 is 11.9 Å². The molecule has 5 rings (SSSR count). The summed E-state index contributed by atoms with van der Waals surface area (Å²) >= 11 is 4.60. The van der Waals surface area contributed by atoms with Crippen molar-refractivity contribution in [3.63, 3.8) is 0 Å². The molecule has 0 saturated heterocycles. The van der Waals surface area contributed by atoms with Crippen LogP contribution in [-0.4, -0.2) is 42.1 Å². The van der Waals surface area contributed by atoms with Crippen LogP contribution in [0.5, 0.6) is 0 Å². The molecule has 0 unspecified atom stereocenters. The monoisotopic (exact) mass is 594 g/mol. The van der Waals surface area contributed by atoms with E-state index in [0.717, 1.165) is 72.3 Å². The molecule has 2 aliphatic heterocycles. The number of hydrogen-bond acceptors (Lipinski definition) is 5. The Bertz CT molecular complexity index is 1970. The van der Waals surface area contributed by atoms with E-state index in [4.69, 9.17) is 9.97 Å². The lowest BCUT2D eigenvalue weighted by Gasteiger charge is -2.05. The predicted molar refractivity (Wildman–Crippen MR) is 177 cm³/mol. The summed E-state index contributed by atoms with van der Waals surface area (Å²) in [6.07, 6.45) is 2.32. The van der Waals surface area contributed by atoms with Crippen molar-refractivity contribution in [2.45, 2.75) is 53.4 Å². The Kier molecular flexibility index (Phi) is 8.03. The minimum Gasteiger partial charge on any atom is -0.481 e. The number of thiol groups is 1. The van der Waals surface area contributed by atoms with Gasteiger partial charge >= 0.3 is 11.9 Å². The summed E-state index contributed by atoms with van der Waals surface area (Å²) in [7, 11) is 0. The highest BCUT2D eigenvalue weighted by Crippen LogP contribution is 2.38. The number of nitrogens with zero attached hydrogens (tertiary/aromatic N) is 2. The lowest BCUT2D eigenvalue weighted by molar-refractivity contribution is -0.137. The van der Waals surface area contributed by atoms with Gasteiger partial charge in [-0.2, -0.15) is 0 Å². The number of hydrogen-bond donors (Lipinski definition) is 5. The number of rotatable bonds is 8. The van der Waals surface area contributed by atoms with Crippen LogP contribution in [0.1, 0.15) is 84.6 Å². The van der Waals surface area contributed by atoms with Gasteiger partial charge in [0.2, 0.25) is 0 Å². The molecule has 0 fully saturated rings. The number of H-pyrrole nitrogens is 2. The van der Waals surface area contributed by atoms with Crippen molar-refractivity contribution in [3.05, 3.63) is 82.5 Å². The van der Waals surface area contributed by atoms with Crippen molar-refractivity contribution >= 4 is 79.9 Å². The van der Waals surface area contributed by atoms with E-state index in [1.54, 1.807) is 0 Å². The van der Waals surface area contributed by atoms with Crippen LogP contribution in [-0.2, 0) is 9.59 Å². The standard InChI is InChI=1S/C34H34N4O4S/c1-7-21-16(2)24-12-25-17(3)22(8-10-32(39)40)29(36-25)15-30-23(9-11-33(41)42)18(4)26(37-30)14-31-34(20(6)43)19(5)27(38-31)13-28(21)35-24/h7,12-15,35,38,43H,1,6,8-11H2,2-5H3,(H,39,40)(H,41,42). The topological polar surface area (TPSA) is 132 Å². The molecule has 43 heavy (non-hydrogen) atoms. The Hall–Kier alpha value is -4.63. The number of carboxylic acid groups (broad SMARTS) is 2. The molecule has 220 valence electrons. The number of aryl methyl sites for hydroxylation is 2. The van der Waals surface area contributed by atoms with Crippen LogP contribution >= 0.6 is 12.6 Å². The fourth-order valence-electron chi connectivity index (χ4n) is 5.85. The molecule has 0 saturated carbocycles.